The molecule has 0 spiro atoms. The molecule has 3 rings (SSSR count). The van der Waals surface area contributed by atoms with Crippen LogP contribution in [0.3, 0.4) is 0 Å². The number of carbonyl (C=O) groups is 3. The normalized spacial score (nSPS) is 24.6. The Morgan fingerprint density at radius 3 is 2.58 bits per heavy atom. The SMILES string of the molecule is COc1ccccc1[C@]1(CC(=O)O)CC(=O)N(C2CCCC2)C1=O. The maximum atomic E-state index is 13.2. The first kappa shape index (κ1) is 16.5. The first-order valence-corrected chi connectivity index (χ1v) is 8.21. The average molecular weight is 331 g/mol. The van der Waals surface area contributed by atoms with Crippen LogP contribution in [0.5, 0.6) is 5.75 Å². The predicted octanol–water partition coefficient (Wildman–Crippen LogP) is 2.11. The van der Waals surface area contributed by atoms with Gasteiger partial charge in [-0.3, -0.25) is 19.3 Å². The van der Waals surface area contributed by atoms with Crippen molar-refractivity contribution in [2.75, 3.05) is 7.11 Å². The zero-order chi connectivity index (χ0) is 17.3. The molecule has 6 heteroatoms. The van der Waals surface area contributed by atoms with E-state index < -0.39 is 23.7 Å². The number of nitrogens with zero attached hydrogens (tertiary/aromatic N) is 1. The molecule has 128 valence electrons. The molecule has 1 aliphatic carbocycles. The summed E-state index contributed by atoms with van der Waals surface area (Å²) >= 11 is 0. The Hall–Kier alpha value is -2.37. The first-order valence-electron chi connectivity index (χ1n) is 8.21. The molecular weight excluding hydrogens is 310 g/mol. The molecule has 1 saturated heterocycles. The largest absolute Gasteiger partial charge is 0.496 e. The number of carboxylic acids is 1. The Balaban J connectivity index is 2.08. The van der Waals surface area contributed by atoms with Crippen molar-refractivity contribution in [2.24, 2.45) is 0 Å². The molecule has 2 fully saturated rings. The van der Waals surface area contributed by atoms with Crippen molar-refractivity contribution in [3.05, 3.63) is 29.8 Å². The van der Waals surface area contributed by atoms with Crippen LogP contribution in [0.25, 0.3) is 0 Å². The van der Waals surface area contributed by atoms with Crippen LogP contribution in [0.2, 0.25) is 0 Å². The van der Waals surface area contributed by atoms with Crippen LogP contribution in [0.1, 0.15) is 44.1 Å². The predicted molar refractivity (Wildman–Crippen MR) is 85.7 cm³/mol. The fourth-order valence-corrected chi connectivity index (χ4v) is 4.04. The summed E-state index contributed by atoms with van der Waals surface area (Å²) in [4.78, 5) is 38.6. The van der Waals surface area contributed by atoms with Gasteiger partial charge in [-0.1, -0.05) is 31.0 Å². The smallest absolute Gasteiger partial charge is 0.304 e. The summed E-state index contributed by atoms with van der Waals surface area (Å²) in [5, 5.41) is 9.40. The Morgan fingerprint density at radius 1 is 1.29 bits per heavy atom. The Bertz CT molecular complexity index is 680. The van der Waals surface area contributed by atoms with Crippen molar-refractivity contribution in [3.8, 4) is 5.75 Å². The maximum Gasteiger partial charge on any atom is 0.304 e. The number of ether oxygens (including phenoxy) is 1. The molecule has 1 aromatic carbocycles. The summed E-state index contributed by atoms with van der Waals surface area (Å²) in [6.45, 7) is 0. The highest BCUT2D eigenvalue weighted by Crippen LogP contribution is 2.45. The standard InChI is InChI=1S/C18H21NO5/c1-24-14-9-5-4-8-13(14)18(11-16(21)22)10-15(20)19(17(18)23)12-6-2-3-7-12/h4-5,8-9,12H,2-3,6-7,10-11H2,1H3,(H,21,22)/t18-/m1/s1. The van der Waals surface area contributed by atoms with Crippen molar-refractivity contribution in [2.45, 2.75) is 50.0 Å². The van der Waals surface area contributed by atoms with Crippen LogP contribution < -0.4 is 4.74 Å². The fraction of sp³-hybridized carbons (Fsp3) is 0.500. The minimum Gasteiger partial charge on any atom is -0.496 e. The third-order valence-electron chi connectivity index (χ3n) is 5.12. The van der Waals surface area contributed by atoms with E-state index in [0.29, 0.717) is 11.3 Å². The second-order valence-corrected chi connectivity index (χ2v) is 6.54. The van der Waals surface area contributed by atoms with Gasteiger partial charge in [0.1, 0.15) is 5.75 Å². The number of imide groups is 1. The lowest BCUT2D eigenvalue weighted by Crippen LogP contribution is -2.44. The van der Waals surface area contributed by atoms with E-state index in [2.05, 4.69) is 0 Å². The number of para-hydroxylation sites is 1. The highest BCUT2D eigenvalue weighted by molar-refractivity contribution is 6.11. The number of hydrogen-bond acceptors (Lipinski definition) is 4. The quantitative estimate of drug-likeness (QED) is 0.836. The lowest BCUT2D eigenvalue weighted by atomic mass is 9.75. The van der Waals surface area contributed by atoms with Gasteiger partial charge in [0.25, 0.3) is 0 Å². The molecule has 1 aliphatic heterocycles. The number of rotatable bonds is 5. The zero-order valence-electron chi connectivity index (χ0n) is 13.7. The number of carboxylic acid groups (broad SMARTS) is 1. The number of benzene rings is 1. The van der Waals surface area contributed by atoms with Crippen molar-refractivity contribution < 1.29 is 24.2 Å². The number of carbonyl (C=O) groups excluding carboxylic acids is 2. The van der Waals surface area contributed by atoms with Gasteiger partial charge in [-0.2, -0.15) is 0 Å². The lowest BCUT2D eigenvalue weighted by molar-refractivity contribution is -0.146. The summed E-state index contributed by atoms with van der Waals surface area (Å²) in [5.74, 6) is -1.34. The van der Waals surface area contributed by atoms with Crippen molar-refractivity contribution >= 4 is 17.8 Å². The zero-order valence-corrected chi connectivity index (χ0v) is 13.7. The van der Waals surface area contributed by atoms with E-state index in [-0.39, 0.29) is 18.4 Å². The van der Waals surface area contributed by atoms with Gasteiger partial charge in [0.15, 0.2) is 0 Å². The highest BCUT2D eigenvalue weighted by Gasteiger charge is 2.56. The van der Waals surface area contributed by atoms with Crippen LogP contribution in [0.4, 0.5) is 0 Å². The second kappa shape index (κ2) is 6.26. The molecule has 0 bridgehead atoms. The number of hydrogen-bond donors (Lipinski definition) is 1. The van der Waals surface area contributed by atoms with E-state index >= 15 is 0 Å². The highest BCUT2D eigenvalue weighted by atomic mass is 16.5. The molecule has 0 radical (unpaired) electrons. The molecule has 1 N–H and O–H groups in total. The number of methoxy groups -OCH3 is 1. The van der Waals surface area contributed by atoms with Crippen LogP contribution in [0.15, 0.2) is 24.3 Å². The van der Waals surface area contributed by atoms with E-state index in [4.69, 9.17) is 4.74 Å². The minimum absolute atomic E-state index is 0.102. The van der Waals surface area contributed by atoms with Crippen LogP contribution in [0, 0.1) is 0 Å². The molecule has 1 saturated carbocycles. The van der Waals surface area contributed by atoms with E-state index in [0.717, 1.165) is 25.7 Å². The van der Waals surface area contributed by atoms with E-state index in [1.54, 1.807) is 24.3 Å². The van der Waals surface area contributed by atoms with Gasteiger partial charge in [-0.25, -0.2) is 0 Å². The summed E-state index contributed by atoms with van der Waals surface area (Å²) < 4.78 is 5.33. The molecule has 1 aromatic rings. The Morgan fingerprint density at radius 2 is 1.96 bits per heavy atom. The van der Waals surface area contributed by atoms with Gasteiger partial charge >= 0.3 is 5.97 Å². The molecule has 0 unspecified atom stereocenters. The van der Waals surface area contributed by atoms with E-state index in [9.17, 15) is 19.5 Å². The van der Waals surface area contributed by atoms with Gasteiger partial charge in [0, 0.05) is 18.0 Å². The Labute approximate surface area is 140 Å². The summed E-state index contributed by atoms with van der Waals surface area (Å²) in [7, 11) is 1.48. The number of amides is 2. The Kier molecular flexibility index (Phi) is 4.30. The minimum atomic E-state index is -1.38. The van der Waals surface area contributed by atoms with E-state index in [1.807, 2.05) is 0 Å². The molecule has 1 atom stereocenters. The molecule has 6 nitrogen and oxygen atoms in total. The van der Waals surface area contributed by atoms with Crippen molar-refractivity contribution in [1.29, 1.82) is 0 Å². The number of aliphatic carboxylic acids is 1. The topological polar surface area (TPSA) is 83.9 Å². The lowest BCUT2D eigenvalue weighted by Gasteiger charge is -2.29. The molecule has 1 heterocycles. The third kappa shape index (κ3) is 2.56. The van der Waals surface area contributed by atoms with Crippen LogP contribution >= 0.6 is 0 Å². The van der Waals surface area contributed by atoms with Crippen LogP contribution in [-0.4, -0.2) is 40.9 Å². The van der Waals surface area contributed by atoms with Gasteiger partial charge in [0.05, 0.1) is 18.9 Å². The van der Waals surface area contributed by atoms with Crippen LogP contribution in [-0.2, 0) is 19.8 Å². The monoisotopic (exact) mass is 331 g/mol. The summed E-state index contributed by atoms with van der Waals surface area (Å²) in [5.41, 5.74) is -0.897. The second-order valence-electron chi connectivity index (χ2n) is 6.54. The molecular formula is C18H21NO5. The molecule has 0 aromatic heterocycles. The van der Waals surface area contributed by atoms with E-state index in [1.165, 1.54) is 12.0 Å². The van der Waals surface area contributed by atoms with Crippen molar-refractivity contribution in [3.63, 3.8) is 0 Å². The summed E-state index contributed by atoms with van der Waals surface area (Å²) in [6.07, 6.45) is 3.04. The van der Waals surface area contributed by atoms with Gasteiger partial charge in [0.2, 0.25) is 11.8 Å². The van der Waals surface area contributed by atoms with Gasteiger partial charge in [-0.15, -0.1) is 0 Å². The molecule has 24 heavy (non-hydrogen) atoms. The fourth-order valence-electron chi connectivity index (χ4n) is 4.04. The first-order chi connectivity index (χ1) is 11.5. The van der Waals surface area contributed by atoms with Gasteiger partial charge in [-0.05, 0) is 18.9 Å². The maximum absolute atomic E-state index is 13.2. The van der Waals surface area contributed by atoms with Gasteiger partial charge < -0.3 is 9.84 Å². The molecule has 2 aliphatic rings. The number of likely N-dealkylation sites (tertiary alicyclic amines) is 1. The third-order valence-corrected chi connectivity index (χ3v) is 5.12. The average Bonchev–Trinajstić information content (AvgIpc) is 3.14. The summed E-state index contributed by atoms with van der Waals surface area (Å²) in [6, 6.07) is 6.76. The molecule has 2 amide bonds. The van der Waals surface area contributed by atoms with Crippen molar-refractivity contribution in [1.82, 2.24) is 4.90 Å².